The topological polar surface area (TPSA) is 314 Å². The van der Waals surface area contributed by atoms with Crippen molar-refractivity contribution in [2.45, 2.75) is 43.8 Å². The zero-order chi connectivity index (χ0) is 32.1. The molecule has 0 bridgehead atoms. The summed E-state index contributed by atoms with van der Waals surface area (Å²) in [6.07, 6.45) is 4.09. The number of carbonyl (C=O) groups excluding carboxylic acids is 5. The van der Waals surface area contributed by atoms with Crippen LogP contribution in [0.25, 0.3) is 0 Å². The zero-order valence-corrected chi connectivity index (χ0v) is 22.6. The van der Waals surface area contributed by atoms with Gasteiger partial charge in [-0.2, -0.15) is 0 Å². The highest BCUT2D eigenvalue weighted by molar-refractivity contribution is 5.95. The summed E-state index contributed by atoms with van der Waals surface area (Å²) in [5.74, 6) is -5.36. The van der Waals surface area contributed by atoms with Crippen LogP contribution in [0.2, 0.25) is 0 Å². The molecule has 0 saturated heterocycles. The molecule has 234 valence electrons. The molecule has 0 aromatic carbocycles. The first-order valence-electron chi connectivity index (χ1n) is 12.4. The minimum Gasteiger partial charge on any atom is -0.481 e. The van der Waals surface area contributed by atoms with Gasteiger partial charge in [0.15, 0.2) is 5.96 Å². The van der Waals surface area contributed by atoms with Crippen LogP contribution in [-0.2, 0) is 38.3 Å². The van der Waals surface area contributed by atoms with E-state index in [1.165, 1.54) is 0 Å². The monoisotopic (exact) mass is 600 g/mol. The summed E-state index contributed by atoms with van der Waals surface area (Å²) < 4.78 is 4.95. The lowest BCUT2D eigenvalue weighted by Gasteiger charge is -2.22. The number of hydrogen-bond donors (Lipinski definition) is 10. The van der Waals surface area contributed by atoms with Crippen LogP contribution in [0.4, 0.5) is 0 Å². The quantitative estimate of drug-likeness (QED) is 0.0254. The number of carboxylic acids is 2. The lowest BCUT2D eigenvalue weighted by molar-refractivity contribution is -0.141. The van der Waals surface area contributed by atoms with Crippen molar-refractivity contribution < 1.29 is 53.6 Å². The summed E-state index contributed by atoms with van der Waals surface area (Å²) in [6, 6.07) is -4.42. The molecular weight excluding hydrogens is 564 g/mol. The van der Waals surface area contributed by atoms with Crippen molar-refractivity contribution in [2.75, 3.05) is 39.5 Å². The summed E-state index contributed by atoms with van der Waals surface area (Å²) in [5.41, 5.74) is 10.5. The Morgan fingerprint density at radius 3 is 2.02 bits per heavy atom. The number of terminal acetylenes is 1. The van der Waals surface area contributed by atoms with Gasteiger partial charge in [-0.1, -0.05) is 5.92 Å². The van der Waals surface area contributed by atoms with Gasteiger partial charge in [-0.15, -0.1) is 6.42 Å². The largest absolute Gasteiger partial charge is 0.481 e. The molecule has 0 radical (unpaired) electrons. The second-order valence-corrected chi connectivity index (χ2v) is 8.37. The molecule has 0 aliphatic rings. The van der Waals surface area contributed by atoms with Gasteiger partial charge in [0.25, 0.3) is 0 Å². The molecule has 0 aliphatic carbocycles. The highest BCUT2D eigenvalue weighted by Gasteiger charge is 2.28. The summed E-state index contributed by atoms with van der Waals surface area (Å²) in [7, 11) is 0. The number of aliphatic hydroxyl groups is 1. The van der Waals surface area contributed by atoms with E-state index in [1.807, 2.05) is 5.32 Å². The second-order valence-electron chi connectivity index (χ2n) is 8.37. The number of aliphatic hydroxyl groups excluding tert-OH is 1. The smallest absolute Gasteiger partial charge is 0.322 e. The van der Waals surface area contributed by atoms with E-state index in [2.05, 4.69) is 32.2 Å². The van der Waals surface area contributed by atoms with Crippen LogP contribution in [0, 0.1) is 12.3 Å². The molecule has 0 unspecified atom stereocenters. The third kappa shape index (κ3) is 17.6. The molecule has 0 fully saturated rings. The number of aliphatic imine (C=N–C) groups is 1. The molecule has 12 N–H and O–H groups in total. The normalized spacial score (nSPS) is 12.3. The van der Waals surface area contributed by atoms with E-state index in [9.17, 15) is 38.7 Å². The van der Waals surface area contributed by atoms with E-state index in [0.717, 1.165) is 0 Å². The van der Waals surface area contributed by atoms with Gasteiger partial charge in [-0.05, 0) is 12.8 Å². The highest BCUT2D eigenvalue weighted by atomic mass is 16.5. The molecule has 0 aromatic heterocycles. The molecule has 0 aromatic rings. The van der Waals surface area contributed by atoms with E-state index in [1.54, 1.807) is 0 Å². The number of carboxylic acid groups (broad SMARTS) is 2. The fourth-order valence-corrected chi connectivity index (χ4v) is 3.01. The minimum absolute atomic E-state index is 0.0483. The molecular formula is C23H36N8O11. The van der Waals surface area contributed by atoms with Gasteiger partial charge in [0.05, 0.1) is 32.6 Å². The van der Waals surface area contributed by atoms with Crippen LogP contribution in [0.15, 0.2) is 4.99 Å². The summed E-state index contributed by atoms with van der Waals surface area (Å²) in [5, 5.41) is 38.1. The van der Waals surface area contributed by atoms with Gasteiger partial charge in [0.2, 0.25) is 29.5 Å². The highest BCUT2D eigenvalue weighted by Crippen LogP contribution is 2.01. The number of hydrogen-bond acceptors (Lipinski definition) is 10. The predicted octanol–water partition coefficient (Wildman–Crippen LogP) is -5.68. The molecule has 5 amide bonds. The Hall–Kier alpha value is -4.96. The van der Waals surface area contributed by atoms with Gasteiger partial charge in [0, 0.05) is 6.54 Å². The number of nitrogens with two attached hydrogens (primary N) is 2. The first-order valence-corrected chi connectivity index (χ1v) is 12.4. The van der Waals surface area contributed by atoms with Crippen molar-refractivity contribution in [3.8, 4) is 12.3 Å². The number of aliphatic carboxylic acids is 2. The number of ether oxygens (including phenoxy) is 1. The van der Waals surface area contributed by atoms with Gasteiger partial charge >= 0.3 is 11.9 Å². The van der Waals surface area contributed by atoms with E-state index in [4.69, 9.17) is 32.8 Å². The van der Waals surface area contributed by atoms with E-state index in [-0.39, 0.29) is 45.0 Å². The first kappa shape index (κ1) is 37.0. The maximum atomic E-state index is 12.8. The summed E-state index contributed by atoms with van der Waals surface area (Å²) >= 11 is 0. The summed E-state index contributed by atoms with van der Waals surface area (Å²) in [6.45, 7) is -2.47. The molecule has 0 saturated carbocycles. The third-order valence-electron chi connectivity index (χ3n) is 4.94. The third-order valence-corrected chi connectivity index (χ3v) is 4.94. The molecule has 0 rings (SSSR count). The number of amides is 5. The standard InChI is InChI=1S/C23H36N8O11/c1-2-7-42-8-5-16(33)30-14(9-18(35)36)20(39)27-10-17(34)29-13(4-3-6-26-23(24)25)22(41)31-15(12-32)21(40)28-11-19(37)38/h1,13-15,32H,3-12H2,(H,27,39)(H,28,40)(H,29,34)(H,30,33)(H,31,41)(H,35,36)(H,37,38)(H4,24,25,26)/t13-,14-,15-/m0/s1. The number of nitrogens with one attached hydrogen (secondary N) is 5. The lowest BCUT2D eigenvalue weighted by atomic mass is 10.1. The lowest BCUT2D eigenvalue weighted by Crippen LogP contribution is -2.56. The second kappa shape index (κ2) is 20.9. The van der Waals surface area contributed by atoms with Crippen molar-refractivity contribution in [1.82, 2.24) is 26.6 Å². The van der Waals surface area contributed by atoms with E-state index >= 15 is 0 Å². The van der Waals surface area contributed by atoms with Crippen molar-refractivity contribution in [3.05, 3.63) is 0 Å². The van der Waals surface area contributed by atoms with Crippen LogP contribution in [0.3, 0.4) is 0 Å². The molecule has 19 nitrogen and oxygen atoms in total. The fourth-order valence-electron chi connectivity index (χ4n) is 3.01. The molecule has 19 heteroatoms. The number of nitrogens with zero attached hydrogens (tertiary/aromatic N) is 1. The maximum Gasteiger partial charge on any atom is 0.322 e. The Bertz CT molecular complexity index is 1040. The van der Waals surface area contributed by atoms with Gasteiger partial charge in [-0.25, -0.2) is 0 Å². The SMILES string of the molecule is C#CCOCCC(=O)N[C@@H](CC(=O)O)C(=O)NCC(=O)N[C@@H](CCCN=C(N)N)C(=O)N[C@@H](CO)C(=O)NCC(=O)O. The number of carbonyl (C=O) groups is 7. The number of rotatable bonds is 21. The number of guanidine groups is 1. The predicted molar refractivity (Wildman–Crippen MR) is 143 cm³/mol. The van der Waals surface area contributed by atoms with Crippen LogP contribution in [0.1, 0.15) is 25.7 Å². The van der Waals surface area contributed by atoms with Crippen molar-refractivity contribution in [1.29, 1.82) is 0 Å². The van der Waals surface area contributed by atoms with Crippen molar-refractivity contribution in [3.63, 3.8) is 0 Å². The van der Waals surface area contributed by atoms with Crippen molar-refractivity contribution in [2.24, 2.45) is 16.5 Å². The average Bonchev–Trinajstić information content (AvgIpc) is 2.92. The Kier molecular flexibility index (Phi) is 18.4. The average molecular weight is 601 g/mol. The van der Waals surface area contributed by atoms with Crippen molar-refractivity contribution >= 4 is 47.4 Å². The molecule has 42 heavy (non-hydrogen) atoms. The Morgan fingerprint density at radius 1 is 0.833 bits per heavy atom. The molecule has 0 heterocycles. The van der Waals surface area contributed by atoms with E-state index < -0.39 is 85.7 Å². The Labute approximate surface area is 240 Å². The van der Waals surface area contributed by atoms with E-state index in [0.29, 0.717) is 0 Å². The van der Waals surface area contributed by atoms with Crippen LogP contribution in [-0.4, -0.2) is 120 Å². The Balaban J connectivity index is 5.30. The molecule has 3 atom stereocenters. The zero-order valence-electron chi connectivity index (χ0n) is 22.6. The van der Waals surface area contributed by atoms with Gasteiger partial charge in [-0.3, -0.25) is 38.6 Å². The van der Waals surface area contributed by atoms with Crippen LogP contribution >= 0.6 is 0 Å². The van der Waals surface area contributed by atoms with Gasteiger partial charge in [0.1, 0.15) is 31.3 Å². The Morgan fingerprint density at radius 2 is 1.45 bits per heavy atom. The maximum absolute atomic E-state index is 12.8. The molecule has 0 spiro atoms. The fraction of sp³-hybridized carbons (Fsp3) is 0.565. The van der Waals surface area contributed by atoms with Crippen LogP contribution in [0.5, 0.6) is 0 Å². The molecule has 0 aliphatic heterocycles. The minimum atomic E-state index is -1.55. The first-order chi connectivity index (χ1) is 19.8. The van der Waals surface area contributed by atoms with Gasteiger partial charge < -0.3 is 58.1 Å². The summed E-state index contributed by atoms with van der Waals surface area (Å²) in [4.78, 5) is 87.5. The van der Waals surface area contributed by atoms with Crippen LogP contribution < -0.4 is 38.1 Å².